The van der Waals surface area contributed by atoms with E-state index in [2.05, 4.69) is 0 Å². The molecule has 0 aromatic heterocycles. The Morgan fingerprint density at radius 2 is 1.57 bits per heavy atom. The van der Waals surface area contributed by atoms with Crippen molar-refractivity contribution in [3.05, 3.63) is 0 Å². The monoisotopic (exact) mass is 320 g/mol. The van der Waals surface area contributed by atoms with E-state index in [0.717, 1.165) is 4.90 Å². The number of carbonyl (C=O) groups excluding carboxylic acids is 1. The van der Waals surface area contributed by atoms with Crippen molar-refractivity contribution in [1.29, 1.82) is 0 Å². The molecule has 2 N–H and O–H groups in total. The van der Waals surface area contributed by atoms with Gasteiger partial charge in [0.05, 0.1) is 0 Å². The van der Waals surface area contributed by atoms with Gasteiger partial charge in [0.2, 0.25) is 11.8 Å². The molecule has 1 rings (SSSR count). The van der Waals surface area contributed by atoms with Gasteiger partial charge in [-0.2, -0.15) is 26.3 Å². The van der Waals surface area contributed by atoms with Gasteiger partial charge in [-0.15, -0.1) is 0 Å². The van der Waals surface area contributed by atoms with Gasteiger partial charge in [0.25, 0.3) is 0 Å². The second kappa shape index (κ2) is 6.85. The van der Waals surface area contributed by atoms with E-state index in [4.69, 9.17) is 5.73 Å². The second-order valence-electron chi connectivity index (χ2n) is 5.13. The molecule has 0 heterocycles. The third-order valence-corrected chi connectivity index (χ3v) is 3.55. The third-order valence-electron chi connectivity index (χ3n) is 3.55. The van der Waals surface area contributed by atoms with Crippen molar-refractivity contribution in [3.8, 4) is 0 Å². The van der Waals surface area contributed by atoms with E-state index < -0.39 is 30.2 Å². The molecule has 0 bridgehead atoms. The molecule has 21 heavy (non-hydrogen) atoms. The lowest BCUT2D eigenvalue weighted by molar-refractivity contribution is -0.278. The lowest BCUT2D eigenvalue weighted by Gasteiger charge is -2.33. The Hall–Kier alpha value is -0.990. The molecule has 1 amide bonds. The minimum Gasteiger partial charge on any atom is -0.339 e. The summed E-state index contributed by atoms with van der Waals surface area (Å²) >= 11 is 0. The van der Waals surface area contributed by atoms with Gasteiger partial charge in [0.15, 0.2) is 0 Å². The highest BCUT2D eigenvalue weighted by molar-refractivity contribution is 5.80. The minimum atomic E-state index is -5.64. The van der Waals surface area contributed by atoms with E-state index in [9.17, 15) is 31.1 Å². The van der Waals surface area contributed by atoms with Crippen molar-refractivity contribution < 1.29 is 31.1 Å². The molecule has 0 aromatic rings. The summed E-state index contributed by atoms with van der Waals surface area (Å²) in [5, 5.41) is 0. The molecule has 9 heteroatoms. The number of carbonyl (C=O) groups is 1. The van der Waals surface area contributed by atoms with Crippen LogP contribution in [0.2, 0.25) is 0 Å². The van der Waals surface area contributed by atoms with E-state index in [1.165, 1.54) is 0 Å². The highest BCUT2D eigenvalue weighted by Gasteiger charge is 2.62. The molecular weight excluding hydrogens is 302 g/mol. The largest absolute Gasteiger partial charge is 0.409 e. The first-order chi connectivity index (χ1) is 9.59. The zero-order valence-electron chi connectivity index (χ0n) is 11.3. The average molecular weight is 320 g/mol. The fourth-order valence-electron chi connectivity index (χ4n) is 2.58. The summed E-state index contributed by atoms with van der Waals surface area (Å²) in [6.45, 7) is -0.0815. The fraction of sp³-hybridized carbons (Fsp3) is 0.917. The molecule has 0 atom stereocenters. The molecule has 0 saturated heterocycles. The first kappa shape index (κ1) is 18.1. The molecule has 0 aromatic carbocycles. The maximum absolute atomic E-state index is 12.6. The zero-order chi connectivity index (χ0) is 16.3. The molecule has 1 fully saturated rings. The van der Waals surface area contributed by atoms with Crippen molar-refractivity contribution in [3.63, 3.8) is 0 Å². The topological polar surface area (TPSA) is 46.3 Å². The first-order valence-electron chi connectivity index (χ1n) is 6.73. The molecule has 124 valence electrons. The second-order valence-corrected chi connectivity index (χ2v) is 5.13. The van der Waals surface area contributed by atoms with Crippen LogP contribution in [-0.2, 0) is 4.79 Å². The number of hydrogen-bond donors (Lipinski definition) is 1. The number of nitrogens with two attached hydrogens (primary N) is 1. The fourth-order valence-corrected chi connectivity index (χ4v) is 2.58. The van der Waals surface area contributed by atoms with Crippen LogP contribution in [0.5, 0.6) is 0 Å². The molecule has 0 unspecified atom stereocenters. The van der Waals surface area contributed by atoms with Gasteiger partial charge in [-0.1, -0.05) is 12.8 Å². The van der Waals surface area contributed by atoms with Crippen LogP contribution >= 0.6 is 0 Å². The van der Waals surface area contributed by atoms with E-state index in [1.807, 2.05) is 0 Å². The van der Waals surface area contributed by atoms with Crippen LogP contribution in [0.3, 0.4) is 0 Å². The number of amides is 1. The molecule has 1 saturated carbocycles. The highest BCUT2D eigenvalue weighted by Crippen LogP contribution is 2.41. The molecule has 1 aliphatic carbocycles. The lowest BCUT2D eigenvalue weighted by Crippen LogP contribution is -2.52. The van der Waals surface area contributed by atoms with Gasteiger partial charge < -0.3 is 10.6 Å². The van der Waals surface area contributed by atoms with E-state index in [-0.39, 0.29) is 19.5 Å². The molecular formula is C12H18F6N2O. The number of alkyl halides is 6. The SMILES string of the molecule is NCCCN(C(=O)C(C(F)(F)F)C(F)(F)F)C1CCCC1. The highest BCUT2D eigenvalue weighted by atomic mass is 19.4. The van der Waals surface area contributed by atoms with Gasteiger partial charge in [-0.05, 0) is 25.8 Å². The van der Waals surface area contributed by atoms with Crippen LogP contribution in [0, 0.1) is 5.92 Å². The predicted octanol–water partition coefficient (Wildman–Crippen LogP) is 2.85. The van der Waals surface area contributed by atoms with Crippen LogP contribution in [0.4, 0.5) is 26.3 Å². The maximum atomic E-state index is 12.6. The molecule has 3 nitrogen and oxygen atoms in total. The quantitative estimate of drug-likeness (QED) is 0.792. The number of halogens is 6. The molecule has 1 aliphatic rings. The van der Waals surface area contributed by atoms with Crippen LogP contribution < -0.4 is 5.73 Å². The number of nitrogens with zero attached hydrogens (tertiary/aromatic N) is 1. The van der Waals surface area contributed by atoms with E-state index >= 15 is 0 Å². The van der Waals surface area contributed by atoms with E-state index in [0.29, 0.717) is 25.7 Å². The van der Waals surface area contributed by atoms with Gasteiger partial charge in [-0.25, -0.2) is 0 Å². The van der Waals surface area contributed by atoms with E-state index in [1.54, 1.807) is 0 Å². The molecule has 0 aliphatic heterocycles. The number of rotatable bonds is 5. The van der Waals surface area contributed by atoms with Crippen LogP contribution in [0.15, 0.2) is 0 Å². The average Bonchev–Trinajstić information content (AvgIpc) is 2.79. The van der Waals surface area contributed by atoms with Gasteiger partial charge in [-0.3, -0.25) is 4.79 Å². The Morgan fingerprint density at radius 1 is 1.10 bits per heavy atom. The van der Waals surface area contributed by atoms with Gasteiger partial charge in [0, 0.05) is 12.6 Å². The summed E-state index contributed by atoms with van der Waals surface area (Å²) in [6.07, 6.45) is -8.87. The Balaban J connectivity index is 2.99. The van der Waals surface area contributed by atoms with Crippen molar-refractivity contribution in [2.24, 2.45) is 11.7 Å². The Labute approximate surface area is 118 Å². The summed E-state index contributed by atoms with van der Waals surface area (Å²) in [4.78, 5) is 12.6. The maximum Gasteiger partial charge on any atom is 0.409 e. The standard InChI is InChI=1S/C12H18F6N2O/c13-11(14,15)9(12(16,17)18)10(21)20(7-3-6-19)8-4-1-2-5-8/h8-9H,1-7,19H2. The Morgan fingerprint density at radius 3 is 1.95 bits per heavy atom. The van der Waals surface area contributed by atoms with Crippen LogP contribution in [0.1, 0.15) is 32.1 Å². The third kappa shape index (κ3) is 4.76. The number of hydrogen-bond acceptors (Lipinski definition) is 2. The van der Waals surface area contributed by atoms with Crippen molar-refractivity contribution in [1.82, 2.24) is 4.90 Å². The predicted molar refractivity (Wildman–Crippen MR) is 63.2 cm³/mol. The van der Waals surface area contributed by atoms with Gasteiger partial charge in [0.1, 0.15) is 0 Å². The lowest BCUT2D eigenvalue weighted by atomic mass is 10.0. The smallest absolute Gasteiger partial charge is 0.339 e. The first-order valence-corrected chi connectivity index (χ1v) is 6.73. The summed E-state index contributed by atoms with van der Waals surface area (Å²) in [7, 11) is 0. The normalized spacial score (nSPS) is 17.5. The Kier molecular flexibility index (Phi) is 5.89. The molecule has 0 radical (unpaired) electrons. The van der Waals surface area contributed by atoms with Crippen molar-refractivity contribution in [2.45, 2.75) is 50.5 Å². The molecule has 0 spiro atoms. The van der Waals surface area contributed by atoms with Crippen molar-refractivity contribution in [2.75, 3.05) is 13.1 Å². The van der Waals surface area contributed by atoms with Crippen molar-refractivity contribution >= 4 is 5.91 Å². The van der Waals surface area contributed by atoms with Crippen LogP contribution in [-0.4, -0.2) is 42.3 Å². The summed E-state index contributed by atoms with van der Waals surface area (Å²) in [5.41, 5.74) is 5.24. The summed E-state index contributed by atoms with van der Waals surface area (Å²) in [6, 6.07) is -0.559. The van der Waals surface area contributed by atoms with Gasteiger partial charge >= 0.3 is 12.4 Å². The summed E-state index contributed by atoms with van der Waals surface area (Å²) in [5.74, 6) is -5.86. The minimum absolute atomic E-state index is 0.0964. The zero-order valence-corrected chi connectivity index (χ0v) is 11.3. The van der Waals surface area contributed by atoms with Crippen LogP contribution in [0.25, 0.3) is 0 Å². The summed E-state index contributed by atoms with van der Waals surface area (Å²) < 4.78 is 75.9. The Bertz CT molecular complexity index is 335.